The van der Waals surface area contributed by atoms with E-state index in [9.17, 15) is 21.6 Å². The zero-order valence-electron chi connectivity index (χ0n) is 10.7. The fourth-order valence-corrected chi connectivity index (χ4v) is 3.41. The summed E-state index contributed by atoms with van der Waals surface area (Å²) in [6.07, 6.45) is -4.56. The molecule has 0 saturated heterocycles. The van der Waals surface area contributed by atoms with Crippen LogP contribution in [0.3, 0.4) is 0 Å². The standard InChI is InChI=1S/C13H8Br2F3NO2S/c14-9-2-4-10(5-3-9)22(20,21)19-12-7-8(13(16,17)18)1-6-11(12)15/h1-7,19H. The molecule has 0 bridgehead atoms. The molecule has 0 heterocycles. The van der Waals surface area contributed by atoms with Gasteiger partial charge in [-0.25, -0.2) is 8.42 Å². The van der Waals surface area contributed by atoms with Crippen molar-refractivity contribution in [2.75, 3.05) is 4.72 Å². The zero-order valence-corrected chi connectivity index (χ0v) is 14.6. The Kier molecular flexibility index (Phi) is 4.88. The number of sulfonamides is 1. The molecule has 0 spiro atoms. The fourth-order valence-electron chi connectivity index (χ4n) is 1.60. The number of rotatable bonds is 3. The normalized spacial score (nSPS) is 12.2. The molecule has 0 saturated carbocycles. The van der Waals surface area contributed by atoms with E-state index in [1.54, 1.807) is 0 Å². The maximum Gasteiger partial charge on any atom is 0.416 e. The lowest BCUT2D eigenvalue weighted by Gasteiger charge is -2.13. The van der Waals surface area contributed by atoms with Crippen molar-refractivity contribution in [1.82, 2.24) is 0 Å². The van der Waals surface area contributed by atoms with Crippen LogP contribution in [-0.2, 0) is 16.2 Å². The van der Waals surface area contributed by atoms with Gasteiger partial charge in [0.25, 0.3) is 10.0 Å². The molecule has 0 aliphatic carbocycles. The molecule has 3 nitrogen and oxygen atoms in total. The summed E-state index contributed by atoms with van der Waals surface area (Å²) in [6, 6.07) is 8.47. The van der Waals surface area contributed by atoms with Gasteiger partial charge in [-0.2, -0.15) is 13.2 Å². The predicted octanol–water partition coefficient (Wildman–Crippen LogP) is 5.03. The first-order valence-electron chi connectivity index (χ1n) is 5.75. The number of hydrogen-bond donors (Lipinski definition) is 1. The van der Waals surface area contributed by atoms with Gasteiger partial charge in [-0.1, -0.05) is 15.9 Å². The van der Waals surface area contributed by atoms with Crippen LogP contribution in [0, 0.1) is 0 Å². The zero-order chi connectivity index (χ0) is 16.5. The number of nitrogens with one attached hydrogen (secondary N) is 1. The highest BCUT2D eigenvalue weighted by molar-refractivity contribution is 9.10. The van der Waals surface area contributed by atoms with E-state index in [4.69, 9.17) is 0 Å². The van der Waals surface area contributed by atoms with Crippen LogP contribution < -0.4 is 4.72 Å². The third-order valence-electron chi connectivity index (χ3n) is 2.66. The number of halogens is 5. The van der Waals surface area contributed by atoms with E-state index in [-0.39, 0.29) is 15.1 Å². The first-order valence-corrected chi connectivity index (χ1v) is 8.82. The summed E-state index contributed by atoms with van der Waals surface area (Å²) in [5.41, 5.74) is -1.12. The largest absolute Gasteiger partial charge is 0.416 e. The minimum Gasteiger partial charge on any atom is -0.278 e. The number of anilines is 1. The van der Waals surface area contributed by atoms with E-state index in [2.05, 4.69) is 36.6 Å². The molecule has 0 atom stereocenters. The second-order valence-corrected chi connectivity index (χ2v) is 7.70. The van der Waals surface area contributed by atoms with Crippen molar-refractivity contribution in [2.45, 2.75) is 11.1 Å². The highest BCUT2D eigenvalue weighted by atomic mass is 79.9. The van der Waals surface area contributed by atoms with Gasteiger partial charge < -0.3 is 0 Å². The molecule has 0 fully saturated rings. The van der Waals surface area contributed by atoms with Crippen molar-refractivity contribution in [3.63, 3.8) is 0 Å². The predicted molar refractivity (Wildman–Crippen MR) is 84.1 cm³/mol. The Morgan fingerprint density at radius 3 is 2.09 bits per heavy atom. The van der Waals surface area contributed by atoms with Gasteiger partial charge in [-0.3, -0.25) is 4.72 Å². The monoisotopic (exact) mass is 457 g/mol. The Hall–Kier alpha value is -1.06. The van der Waals surface area contributed by atoms with Crippen LogP contribution in [0.1, 0.15) is 5.56 Å². The molecule has 0 radical (unpaired) electrons. The SMILES string of the molecule is O=S(=O)(Nc1cc(C(F)(F)F)ccc1Br)c1ccc(Br)cc1. The molecule has 0 unspecified atom stereocenters. The van der Waals surface area contributed by atoms with Crippen molar-refractivity contribution < 1.29 is 21.6 Å². The van der Waals surface area contributed by atoms with Crippen molar-refractivity contribution >= 4 is 47.6 Å². The van der Waals surface area contributed by atoms with E-state index >= 15 is 0 Å². The first kappa shape index (κ1) is 17.3. The molecule has 2 aromatic rings. The van der Waals surface area contributed by atoms with Crippen LogP contribution in [-0.4, -0.2) is 8.42 Å². The number of benzene rings is 2. The topological polar surface area (TPSA) is 46.2 Å². The third-order valence-corrected chi connectivity index (χ3v) is 5.26. The summed E-state index contributed by atoms with van der Waals surface area (Å²) >= 11 is 6.21. The second-order valence-electron chi connectivity index (χ2n) is 4.25. The molecule has 0 aromatic heterocycles. The van der Waals surface area contributed by atoms with Gasteiger partial charge in [0.1, 0.15) is 0 Å². The lowest BCUT2D eigenvalue weighted by atomic mass is 10.2. The smallest absolute Gasteiger partial charge is 0.278 e. The molecular formula is C13H8Br2F3NO2S. The van der Waals surface area contributed by atoms with Crippen molar-refractivity contribution in [1.29, 1.82) is 0 Å². The number of alkyl halides is 3. The Balaban J connectivity index is 2.39. The number of hydrogen-bond acceptors (Lipinski definition) is 2. The Morgan fingerprint density at radius 2 is 1.55 bits per heavy atom. The summed E-state index contributed by atoms with van der Waals surface area (Å²) in [5, 5.41) is 0. The summed E-state index contributed by atoms with van der Waals surface area (Å²) in [6.45, 7) is 0. The summed E-state index contributed by atoms with van der Waals surface area (Å²) in [7, 11) is -3.98. The van der Waals surface area contributed by atoms with Gasteiger partial charge >= 0.3 is 6.18 Å². The van der Waals surface area contributed by atoms with Crippen LogP contribution in [0.2, 0.25) is 0 Å². The highest BCUT2D eigenvalue weighted by Gasteiger charge is 2.31. The molecule has 0 aliphatic heterocycles. The quantitative estimate of drug-likeness (QED) is 0.700. The Morgan fingerprint density at radius 1 is 0.955 bits per heavy atom. The van der Waals surface area contributed by atoms with E-state index in [1.165, 1.54) is 24.3 Å². The van der Waals surface area contributed by atoms with Crippen LogP contribution in [0.5, 0.6) is 0 Å². The van der Waals surface area contributed by atoms with Gasteiger partial charge in [0.05, 0.1) is 16.1 Å². The van der Waals surface area contributed by atoms with Crippen LogP contribution in [0.4, 0.5) is 18.9 Å². The maximum atomic E-state index is 12.7. The Labute approximate surface area is 141 Å². The van der Waals surface area contributed by atoms with Crippen molar-refractivity contribution in [3.05, 3.63) is 57.0 Å². The first-order chi connectivity index (χ1) is 10.1. The molecule has 9 heteroatoms. The van der Waals surface area contributed by atoms with Gasteiger partial charge in [-0.05, 0) is 58.4 Å². The van der Waals surface area contributed by atoms with E-state index < -0.39 is 21.8 Å². The fraction of sp³-hybridized carbons (Fsp3) is 0.0769. The molecule has 0 aliphatic rings. The van der Waals surface area contributed by atoms with Crippen LogP contribution >= 0.6 is 31.9 Å². The molecule has 2 rings (SSSR count). The van der Waals surface area contributed by atoms with E-state index in [0.29, 0.717) is 4.47 Å². The maximum absolute atomic E-state index is 12.7. The summed E-state index contributed by atoms with van der Waals surface area (Å²) < 4.78 is 65.5. The minimum atomic E-state index is -4.56. The lowest BCUT2D eigenvalue weighted by molar-refractivity contribution is -0.137. The highest BCUT2D eigenvalue weighted by Crippen LogP contribution is 2.34. The van der Waals surface area contributed by atoms with Gasteiger partial charge in [0, 0.05) is 8.95 Å². The van der Waals surface area contributed by atoms with E-state index in [1.807, 2.05) is 0 Å². The van der Waals surface area contributed by atoms with Crippen molar-refractivity contribution in [2.24, 2.45) is 0 Å². The van der Waals surface area contributed by atoms with Crippen LogP contribution in [0.25, 0.3) is 0 Å². The van der Waals surface area contributed by atoms with Crippen LogP contribution in [0.15, 0.2) is 56.3 Å². The molecule has 22 heavy (non-hydrogen) atoms. The summed E-state index contributed by atoms with van der Waals surface area (Å²) in [4.78, 5) is -0.0555. The average molecular weight is 459 g/mol. The van der Waals surface area contributed by atoms with E-state index in [0.717, 1.165) is 18.2 Å². The molecule has 2 aromatic carbocycles. The third kappa shape index (κ3) is 4.02. The van der Waals surface area contributed by atoms with Gasteiger partial charge in [0.15, 0.2) is 0 Å². The van der Waals surface area contributed by atoms with Gasteiger partial charge in [-0.15, -0.1) is 0 Å². The lowest BCUT2D eigenvalue weighted by Crippen LogP contribution is -2.14. The second kappa shape index (κ2) is 6.21. The van der Waals surface area contributed by atoms with Gasteiger partial charge in [0.2, 0.25) is 0 Å². The average Bonchev–Trinajstić information content (AvgIpc) is 2.40. The minimum absolute atomic E-state index is 0.0555. The molecule has 1 N–H and O–H groups in total. The molecule has 0 amide bonds. The van der Waals surface area contributed by atoms with Crippen molar-refractivity contribution in [3.8, 4) is 0 Å². The Bertz CT molecular complexity index is 790. The summed E-state index contributed by atoms with van der Waals surface area (Å²) in [5.74, 6) is 0. The molecular weight excluding hydrogens is 451 g/mol. The molecule has 118 valence electrons.